The maximum Gasteiger partial charge on any atom is 0.265 e. The lowest BCUT2D eigenvalue weighted by Gasteiger charge is -2.34. The average molecular weight is 710 g/mol. The second-order valence-electron chi connectivity index (χ2n) is 10.8. The molecule has 11 nitrogen and oxygen atoms in total. The molecule has 0 saturated heterocycles. The zero-order valence-electron chi connectivity index (χ0n) is 28.0. The quantitative estimate of drug-likeness (QED) is 0.165. The molecule has 0 fully saturated rings. The number of hydrogen-bond acceptors (Lipinski definition) is 8. The van der Waals surface area contributed by atoms with E-state index in [-0.39, 0.29) is 41.0 Å². The zero-order chi connectivity index (χ0) is 35.6. The molecule has 2 amide bonds. The number of nitrogens with zero attached hydrogens (tertiary/aromatic N) is 2. The summed E-state index contributed by atoms with van der Waals surface area (Å²) in [5.74, 6) is -0.0265. The molecule has 0 spiro atoms. The van der Waals surface area contributed by atoms with Crippen molar-refractivity contribution in [2.75, 3.05) is 45.8 Å². The number of carbonyl (C=O) groups excluding carboxylic acids is 2. The van der Waals surface area contributed by atoms with E-state index in [1.165, 1.54) is 57.6 Å². The second kappa shape index (κ2) is 16.9. The van der Waals surface area contributed by atoms with Gasteiger partial charge in [-0.15, -0.1) is 0 Å². The van der Waals surface area contributed by atoms with Gasteiger partial charge in [0.1, 0.15) is 24.1 Å². The minimum Gasteiger partial charge on any atom is -0.497 e. The predicted octanol–water partition coefficient (Wildman–Crippen LogP) is 5.35. The Morgan fingerprint density at radius 2 is 1.43 bits per heavy atom. The summed E-state index contributed by atoms with van der Waals surface area (Å²) < 4.78 is 51.8. The third-order valence-corrected chi connectivity index (χ3v) is 9.77. The maximum absolute atomic E-state index is 14.7. The number of methoxy groups -OCH3 is 4. The van der Waals surface area contributed by atoms with Crippen molar-refractivity contribution in [2.24, 2.45) is 0 Å². The van der Waals surface area contributed by atoms with Crippen LogP contribution >= 0.6 is 11.6 Å². The summed E-state index contributed by atoms with van der Waals surface area (Å²) in [4.78, 5) is 29.6. The Bertz CT molecular complexity index is 1840. The van der Waals surface area contributed by atoms with Crippen molar-refractivity contribution in [3.05, 3.63) is 107 Å². The molecule has 0 aliphatic heterocycles. The van der Waals surface area contributed by atoms with Crippen LogP contribution in [0.2, 0.25) is 5.02 Å². The molecule has 1 N–H and O–H groups in total. The highest BCUT2D eigenvalue weighted by atomic mass is 35.5. The molecule has 13 heteroatoms. The Labute approximate surface area is 292 Å². The summed E-state index contributed by atoms with van der Waals surface area (Å²) >= 11 is 6.15. The number of carbonyl (C=O) groups is 2. The van der Waals surface area contributed by atoms with E-state index in [1.54, 1.807) is 43.3 Å². The summed E-state index contributed by atoms with van der Waals surface area (Å²) in [5, 5.41) is 3.35. The predicted molar refractivity (Wildman–Crippen MR) is 188 cm³/mol. The molecule has 49 heavy (non-hydrogen) atoms. The van der Waals surface area contributed by atoms with E-state index in [0.717, 1.165) is 9.87 Å². The van der Waals surface area contributed by atoms with Gasteiger partial charge in [-0.05, 0) is 54.4 Å². The van der Waals surface area contributed by atoms with Gasteiger partial charge < -0.3 is 29.2 Å². The molecule has 4 aromatic rings. The van der Waals surface area contributed by atoms with Gasteiger partial charge in [-0.3, -0.25) is 13.9 Å². The first kappa shape index (κ1) is 36.9. The molecule has 4 aromatic carbocycles. The van der Waals surface area contributed by atoms with Gasteiger partial charge in [0.15, 0.2) is 11.5 Å². The van der Waals surface area contributed by atoms with Gasteiger partial charge in [0.05, 0.1) is 39.0 Å². The summed E-state index contributed by atoms with van der Waals surface area (Å²) in [6.07, 6.45) is 0.177. The van der Waals surface area contributed by atoms with Crippen molar-refractivity contribution in [3.8, 4) is 23.0 Å². The smallest absolute Gasteiger partial charge is 0.265 e. The first-order chi connectivity index (χ1) is 23.6. The van der Waals surface area contributed by atoms with Gasteiger partial charge in [0, 0.05) is 36.7 Å². The fourth-order valence-electron chi connectivity index (χ4n) is 5.24. The first-order valence-corrected chi connectivity index (χ1v) is 17.2. The van der Waals surface area contributed by atoms with Gasteiger partial charge in [-0.2, -0.15) is 0 Å². The zero-order valence-corrected chi connectivity index (χ0v) is 29.6. The first-order valence-electron chi connectivity index (χ1n) is 15.4. The lowest BCUT2D eigenvalue weighted by atomic mass is 10.0. The SMILES string of the molecule is CCNC(=O)C(Cc1ccccc1)N(Cc1ccc(Cl)cc1)C(=O)CN(c1cc(OC)ccc1OC)S(=O)(=O)c1ccc(OC)c(OC)c1. The van der Waals surface area contributed by atoms with Crippen molar-refractivity contribution in [1.29, 1.82) is 0 Å². The average Bonchev–Trinajstić information content (AvgIpc) is 3.12. The summed E-state index contributed by atoms with van der Waals surface area (Å²) in [7, 11) is 1.17. The number of hydrogen-bond donors (Lipinski definition) is 1. The van der Waals surface area contributed by atoms with Crippen molar-refractivity contribution >= 4 is 39.1 Å². The van der Waals surface area contributed by atoms with Crippen molar-refractivity contribution in [2.45, 2.75) is 30.8 Å². The van der Waals surface area contributed by atoms with E-state index in [1.807, 2.05) is 30.3 Å². The van der Waals surface area contributed by atoms with Crippen molar-refractivity contribution in [1.82, 2.24) is 10.2 Å². The van der Waals surface area contributed by atoms with Crippen LogP contribution in [0.15, 0.2) is 95.9 Å². The molecule has 260 valence electrons. The molecule has 0 bridgehead atoms. The van der Waals surface area contributed by atoms with Crippen LogP contribution in [0.3, 0.4) is 0 Å². The fourth-order valence-corrected chi connectivity index (χ4v) is 6.80. The number of ether oxygens (including phenoxy) is 4. The molecular weight excluding hydrogens is 670 g/mol. The minimum atomic E-state index is -4.49. The van der Waals surface area contributed by atoms with Crippen molar-refractivity contribution < 1.29 is 37.0 Å². The minimum absolute atomic E-state index is 0.00979. The number of benzene rings is 4. The third kappa shape index (κ3) is 8.95. The lowest BCUT2D eigenvalue weighted by Crippen LogP contribution is -2.53. The van der Waals surface area contributed by atoms with Gasteiger partial charge in [0.25, 0.3) is 10.0 Å². The van der Waals surface area contributed by atoms with Crippen LogP contribution in [-0.4, -0.2) is 72.7 Å². The Hall–Kier alpha value is -4.94. The Morgan fingerprint density at radius 1 is 0.776 bits per heavy atom. The van der Waals surface area contributed by atoms with E-state index < -0.39 is 28.5 Å². The lowest BCUT2D eigenvalue weighted by molar-refractivity contribution is -0.140. The van der Waals surface area contributed by atoms with Crippen LogP contribution in [0.1, 0.15) is 18.1 Å². The molecule has 4 rings (SSSR count). The number of anilines is 1. The molecule has 0 aromatic heterocycles. The van der Waals surface area contributed by atoms with E-state index in [0.29, 0.717) is 28.6 Å². The van der Waals surface area contributed by atoms with Gasteiger partial charge in [-0.25, -0.2) is 8.42 Å². The third-order valence-electron chi connectivity index (χ3n) is 7.76. The van der Waals surface area contributed by atoms with Crippen LogP contribution in [0.25, 0.3) is 0 Å². The molecule has 0 saturated carbocycles. The highest BCUT2D eigenvalue weighted by Gasteiger charge is 2.36. The molecule has 1 unspecified atom stereocenters. The summed E-state index contributed by atoms with van der Waals surface area (Å²) in [6, 6.07) is 24.0. The summed E-state index contributed by atoms with van der Waals surface area (Å²) in [5.41, 5.74) is 1.55. The van der Waals surface area contributed by atoms with E-state index in [9.17, 15) is 18.0 Å². The molecule has 1 atom stereocenters. The Morgan fingerprint density at radius 3 is 2.04 bits per heavy atom. The molecule has 0 radical (unpaired) electrons. The van der Waals surface area contributed by atoms with E-state index in [2.05, 4.69) is 5.32 Å². The van der Waals surface area contributed by atoms with Gasteiger partial charge in [-0.1, -0.05) is 54.1 Å². The highest BCUT2D eigenvalue weighted by molar-refractivity contribution is 7.92. The van der Waals surface area contributed by atoms with Gasteiger partial charge >= 0.3 is 0 Å². The number of amides is 2. The number of rotatable bonds is 16. The van der Waals surface area contributed by atoms with Gasteiger partial charge in [0.2, 0.25) is 11.8 Å². The maximum atomic E-state index is 14.7. The highest BCUT2D eigenvalue weighted by Crippen LogP contribution is 2.38. The van der Waals surface area contributed by atoms with Crippen LogP contribution in [0.5, 0.6) is 23.0 Å². The van der Waals surface area contributed by atoms with Crippen LogP contribution in [0.4, 0.5) is 5.69 Å². The van der Waals surface area contributed by atoms with Crippen molar-refractivity contribution in [3.63, 3.8) is 0 Å². The molecular formula is C36H40ClN3O8S. The number of sulfonamides is 1. The fraction of sp³-hybridized carbons (Fsp3) is 0.278. The number of likely N-dealkylation sites (N-methyl/N-ethyl adjacent to an activating group) is 1. The summed E-state index contributed by atoms with van der Waals surface area (Å²) in [6.45, 7) is 1.41. The largest absolute Gasteiger partial charge is 0.497 e. The van der Waals surface area contributed by atoms with Crippen LogP contribution in [0, 0.1) is 0 Å². The second-order valence-corrected chi connectivity index (χ2v) is 13.1. The Balaban J connectivity index is 1.89. The van der Waals surface area contributed by atoms with E-state index in [4.69, 9.17) is 30.5 Å². The molecule has 0 aliphatic carbocycles. The normalized spacial score (nSPS) is 11.6. The monoisotopic (exact) mass is 709 g/mol. The number of nitrogens with one attached hydrogen (secondary N) is 1. The molecule has 0 aliphatic rings. The van der Waals surface area contributed by atoms with Crippen LogP contribution in [-0.2, 0) is 32.6 Å². The topological polar surface area (TPSA) is 124 Å². The van der Waals surface area contributed by atoms with E-state index >= 15 is 0 Å². The molecule has 0 heterocycles. The standard InChI is InChI=1S/C36H40ClN3O8S/c1-6-38-36(42)31(20-25-10-8-7-9-11-25)39(23-26-12-14-27(37)15-13-26)35(41)24-40(30-21-28(45-2)16-18-32(30)46-3)49(43,44)29-17-19-33(47-4)34(22-29)48-5/h7-19,21-22,31H,6,20,23-24H2,1-5H3,(H,38,42). The Kier molecular flexibility index (Phi) is 12.8. The number of halogens is 1. The van der Waals surface area contributed by atoms with Crippen LogP contribution < -0.4 is 28.6 Å².